The second kappa shape index (κ2) is 7.80. The second-order valence-corrected chi connectivity index (χ2v) is 4.68. The smallest absolute Gasteiger partial charge is 0.310 e. The summed E-state index contributed by atoms with van der Waals surface area (Å²) in [5.74, 6) is 1.99. The third kappa shape index (κ3) is 4.56. The van der Waals surface area contributed by atoms with Crippen LogP contribution >= 0.6 is 0 Å². The molecule has 1 heterocycles. The minimum atomic E-state index is -0.273. The summed E-state index contributed by atoms with van der Waals surface area (Å²) in [6.07, 6.45) is 6.84. The van der Waals surface area contributed by atoms with Crippen LogP contribution in [0.1, 0.15) is 26.7 Å². The summed E-state index contributed by atoms with van der Waals surface area (Å²) in [5, 5.41) is 2.67. The van der Waals surface area contributed by atoms with Gasteiger partial charge in [0.2, 0.25) is 5.91 Å². The molecular formula is C14H22N2O3. The van der Waals surface area contributed by atoms with Crippen molar-refractivity contribution in [1.29, 1.82) is 0 Å². The normalized spacial score (nSPS) is 21.2. The van der Waals surface area contributed by atoms with Crippen LogP contribution in [-0.2, 0) is 14.3 Å². The zero-order chi connectivity index (χ0) is 14.3. The molecule has 2 atom stereocenters. The zero-order valence-corrected chi connectivity index (χ0v) is 11.6. The number of hydrogen-bond acceptors (Lipinski definition) is 4. The zero-order valence-electron chi connectivity index (χ0n) is 11.6. The molecule has 5 nitrogen and oxygen atoms in total. The van der Waals surface area contributed by atoms with E-state index in [1.165, 1.54) is 0 Å². The van der Waals surface area contributed by atoms with E-state index in [2.05, 4.69) is 11.2 Å². The van der Waals surface area contributed by atoms with Crippen molar-refractivity contribution in [2.45, 2.75) is 32.7 Å². The summed E-state index contributed by atoms with van der Waals surface area (Å²) in [6.45, 7) is 5.66. The number of amides is 1. The maximum atomic E-state index is 11.8. The molecule has 0 aliphatic carbocycles. The molecule has 106 valence electrons. The van der Waals surface area contributed by atoms with Crippen molar-refractivity contribution in [3.8, 4) is 12.3 Å². The van der Waals surface area contributed by atoms with E-state index in [-0.39, 0.29) is 30.4 Å². The summed E-state index contributed by atoms with van der Waals surface area (Å²) in [4.78, 5) is 25.6. The van der Waals surface area contributed by atoms with Gasteiger partial charge in [0.05, 0.1) is 25.1 Å². The number of hydrogen-bond donors (Lipinski definition) is 1. The molecule has 1 unspecified atom stereocenters. The van der Waals surface area contributed by atoms with Crippen LogP contribution in [0.4, 0.5) is 0 Å². The molecule has 0 aromatic carbocycles. The highest BCUT2D eigenvalue weighted by Gasteiger charge is 2.31. The Kier molecular flexibility index (Phi) is 6.37. The number of carbonyl (C=O) groups is 2. The van der Waals surface area contributed by atoms with E-state index < -0.39 is 0 Å². The van der Waals surface area contributed by atoms with E-state index in [0.29, 0.717) is 13.2 Å². The van der Waals surface area contributed by atoms with E-state index in [1.807, 2.05) is 11.8 Å². The van der Waals surface area contributed by atoms with Crippen LogP contribution in [0.15, 0.2) is 0 Å². The molecule has 0 aromatic heterocycles. The number of ether oxygens (including phenoxy) is 1. The molecule has 0 saturated carbocycles. The Labute approximate surface area is 114 Å². The van der Waals surface area contributed by atoms with Crippen LogP contribution in [0.25, 0.3) is 0 Å². The van der Waals surface area contributed by atoms with E-state index in [0.717, 1.165) is 19.4 Å². The standard InChI is InChI=1S/C14H22N2O3/c1-4-8-15-13(17)11(3)16-9-6-7-12(10-16)14(18)19-5-2/h1,11-12H,5-10H2,2-3H3,(H,15,17)/t11?,12-/m1/s1. The van der Waals surface area contributed by atoms with Gasteiger partial charge in [-0.15, -0.1) is 6.42 Å². The molecule has 1 amide bonds. The highest BCUT2D eigenvalue weighted by atomic mass is 16.5. The van der Waals surface area contributed by atoms with Crippen molar-refractivity contribution in [3.05, 3.63) is 0 Å². The fourth-order valence-corrected chi connectivity index (χ4v) is 2.26. The van der Waals surface area contributed by atoms with Crippen LogP contribution < -0.4 is 5.32 Å². The lowest BCUT2D eigenvalue weighted by molar-refractivity contribution is -0.151. The first-order chi connectivity index (χ1) is 9.10. The van der Waals surface area contributed by atoms with Crippen molar-refractivity contribution >= 4 is 11.9 Å². The Balaban J connectivity index is 2.52. The van der Waals surface area contributed by atoms with E-state index in [4.69, 9.17) is 11.2 Å². The van der Waals surface area contributed by atoms with Gasteiger partial charge in [-0.05, 0) is 33.2 Å². The van der Waals surface area contributed by atoms with Crippen molar-refractivity contribution in [2.75, 3.05) is 26.2 Å². The Morgan fingerprint density at radius 2 is 2.32 bits per heavy atom. The van der Waals surface area contributed by atoms with E-state index >= 15 is 0 Å². The van der Waals surface area contributed by atoms with Gasteiger partial charge < -0.3 is 10.1 Å². The highest BCUT2D eigenvalue weighted by Crippen LogP contribution is 2.19. The largest absolute Gasteiger partial charge is 0.466 e. The van der Waals surface area contributed by atoms with Gasteiger partial charge >= 0.3 is 5.97 Å². The summed E-state index contributed by atoms with van der Waals surface area (Å²) in [7, 11) is 0. The van der Waals surface area contributed by atoms with Crippen LogP contribution in [0, 0.1) is 18.3 Å². The minimum absolute atomic E-state index is 0.0949. The SMILES string of the molecule is C#CCNC(=O)C(C)N1CCC[C@@H](C(=O)OCC)C1. The van der Waals surface area contributed by atoms with Gasteiger partial charge in [-0.3, -0.25) is 14.5 Å². The number of piperidine rings is 1. The van der Waals surface area contributed by atoms with Crippen molar-refractivity contribution in [3.63, 3.8) is 0 Å². The van der Waals surface area contributed by atoms with E-state index in [1.54, 1.807) is 6.92 Å². The Morgan fingerprint density at radius 1 is 1.58 bits per heavy atom. The quantitative estimate of drug-likeness (QED) is 0.578. The van der Waals surface area contributed by atoms with Crippen LogP contribution in [0.2, 0.25) is 0 Å². The van der Waals surface area contributed by atoms with Crippen molar-refractivity contribution in [2.24, 2.45) is 5.92 Å². The predicted octanol–water partition coefficient (Wildman–Crippen LogP) is 0.399. The molecule has 1 aliphatic rings. The molecule has 0 aromatic rings. The average molecular weight is 266 g/mol. The van der Waals surface area contributed by atoms with Gasteiger partial charge in [-0.2, -0.15) is 0 Å². The van der Waals surface area contributed by atoms with Gasteiger partial charge in [-0.25, -0.2) is 0 Å². The predicted molar refractivity (Wildman–Crippen MR) is 72.2 cm³/mol. The lowest BCUT2D eigenvalue weighted by Gasteiger charge is -2.34. The van der Waals surface area contributed by atoms with Crippen molar-refractivity contribution < 1.29 is 14.3 Å². The molecular weight excluding hydrogens is 244 g/mol. The molecule has 1 saturated heterocycles. The molecule has 0 radical (unpaired) electrons. The molecule has 1 aliphatic heterocycles. The lowest BCUT2D eigenvalue weighted by Crippen LogP contribution is -2.50. The van der Waals surface area contributed by atoms with Crippen molar-refractivity contribution in [1.82, 2.24) is 10.2 Å². The number of likely N-dealkylation sites (tertiary alicyclic amines) is 1. The third-order valence-corrected chi connectivity index (χ3v) is 3.36. The number of nitrogens with zero attached hydrogens (tertiary/aromatic N) is 1. The van der Waals surface area contributed by atoms with Gasteiger partial charge in [-0.1, -0.05) is 5.92 Å². The first-order valence-corrected chi connectivity index (χ1v) is 6.72. The van der Waals surface area contributed by atoms with Gasteiger partial charge in [0.1, 0.15) is 0 Å². The van der Waals surface area contributed by atoms with Crippen LogP contribution in [-0.4, -0.2) is 49.1 Å². The summed E-state index contributed by atoms with van der Waals surface area (Å²) in [6, 6.07) is -0.273. The number of rotatable bonds is 5. The second-order valence-electron chi connectivity index (χ2n) is 4.68. The Bertz CT molecular complexity index is 362. The molecule has 0 spiro atoms. The fraction of sp³-hybridized carbons (Fsp3) is 0.714. The molecule has 0 bridgehead atoms. The lowest BCUT2D eigenvalue weighted by atomic mass is 9.97. The van der Waals surface area contributed by atoms with Gasteiger partial charge in [0, 0.05) is 6.54 Å². The maximum Gasteiger partial charge on any atom is 0.310 e. The first kappa shape index (κ1) is 15.5. The maximum absolute atomic E-state index is 11.8. The van der Waals surface area contributed by atoms with Gasteiger partial charge in [0.25, 0.3) is 0 Å². The molecule has 19 heavy (non-hydrogen) atoms. The fourth-order valence-electron chi connectivity index (χ4n) is 2.26. The Hall–Kier alpha value is -1.54. The number of nitrogens with one attached hydrogen (secondary N) is 1. The summed E-state index contributed by atoms with van der Waals surface area (Å²) < 4.78 is 5.04. The molecule has 1 rings (SSSR count). The van der Waals surface area contributed by atoms with E-state index in [9.17, 15) is 9.59 Å². The Morgan fingerprint density at radius 3 is 2.95 bits per heavy atom. The minimum Gasteiger partial charge on any atom is -0.466 e. The van der Waals surface area contributed by atoms with Gasteiger partial charge in [0.15, 0.2) is 0 Å². The van der Waals surface area contributed by atoms with Crippen LogP contribution in [0.3, 0.4) is 0 Å². The number of esters is 1. The number of terminal acetylenes is 1. The highest BCUT2D eigenvalue weighted by molar-refractivity contribution is 5.81. The number of carbonyl (C=O) groups excluding carboxylic acids is 2. The average Bonchev–Trinajstić information content (AvgIpc) is 2.44. The summed E-state index contributed by atoms with van der Waals surface area (Å²) >= 11 is 0. The molecule has 5 heteroatoms. The first-order valence-electron chi connectivity index (χ1n) is 6.72. The molecule has 1 fully saturated rings. The third-order valence-electron chi connectivity index (χ3n) is 3.36. The topological polar surface area (TPSA) is 58.6 Å². The molecule has 1 N–H and O–H groups in total. The van der Waals surface area contributed by atoms with Crippen LogP contribution in [0.5, 0.6) is 0 Å². The monoisotopic (exact) mass is 266 g/mol. The summed E-state index contributed by atoms with van der Waals surface area (Å²) in [5.41, 5.74) is 0.